The minimum absolute atomic E-state index is 0.0104. The van der Waals surface area contributed by atoms with E-state index in [4.69, 9.17) is 0 Å². The Hall–Kier alpha value is -1.88. The molecule has 5 heteroatoms. The van der Waals surface area contributed by atoms with E-state index in [1.165, 1.54) is 0 Å². The number of nitrogens with one attached hydrogen (secondary N) is 2. The second-order valence-electron chi connectivity index (χ2n) is 4.71. The van der Waals surface area contributed by atoms with E-state index >= 15 is 0 Å². The fourth-order valence-corrected chi connectivity index (χ4v) is 2.03. The van der Waals surface area contributed by atoms with Gasteiger partial charge in [-0.25, -0.2) is 0 Å². The van der Waals surface area contributed by atoms with Gasteiger partial charge in [-0.05, 0) is 38.6 Å². The number of hydrogen-bond donors (Lipinski definition) is 2. The van der Waals surface area contributed by atoms with Crippen LogP contribution in [0, 0.1) is 0 Å². The summed E-state index contributed by atoms with van der Waals surface area (Å²) in [4.78, 5) is 25.8. The monoisotopic (exact) mass is 291 g/mol. The number of anilines is 1. The Morgan fingerprint density at radius 1 is 1.14 bits per heavy atom. The summed E-state index contributed by atoms with van der Waals surface area (Å²) in [5, 5.41) is 5.92. The second-order valence-corrected chi connectivity index (χ2v) is 4.71. The molecule has 0 saturated heterocycles. The number of nitrogens with zero attached hydrogens (tertiary/aromatic N) is 1. The molecule has 0 heterocycles. The van der Waals surface area contributed by atoms with Gasteiger partial charge >= 0.3 is 0 Å². The van der Waals surface area contributed by atoms with Crippen LogP contribution in [0.2, 0.25) is 0 Å². The smallest absolute Gasteiger partial charge is 0.253 e. The number of carbonyl (C=O) groups is 2. The van der Waals surface area contributed by atoms with Crippen molar-refractivity contribution in [2.45, 2.75) is 27.2 Å². The summed E-state index contributed by atoms with van der Waals surface area (Å²) in [6, 6.07) is 7.08. The molecule has 116 valence electrons. The zero-order chi connectivity index (χ0) is 15.7. The Labute approximate surface area is 126 Å². The molecule has 21 heavy (non-hydrogen) atoms. The van der Waals surface area contributed by atoms with E-state index in [2.05, 4.69) is 10.6 Å². The van der Waals surface area contributed by atoms with Crippen LogP contribution in [0.25, 0.3) is 0 Å². The number of hydrogen-bond acceptors (Lipinski definition) is 3. The molecule has 0 bridgehead atoms. The fraction of sp³-hybridized carbons (Fsp3) is 0.500. The average molecular weight is 291 g/mol. The Bertz CT molecular complexity index is 470. The lowest BCUT2D eigenvalue weighted by molar-refractivity contribution is -0.116. The normalized spacial score (nSPS) is 10.2. The van der Waals surface area contributed by atoms with Gasteiger partial charge in [-0.1, -0.05) is 13.0 Å². The minimum atomic E-state index is -0.0524. The molecule has 1 rings (SSSR count). The van der Waals surface area contributed by atoms with E-state index in [1.54, 1.807) is 29.2 Å². The molecule has 0 aliphatic carbocycles. The summed E-state index contributed by atoms with van der Waals surface area (Å²) in [7, 11) is 0. The maximum atomic E-state index is 12.3. The molecule has 0 spiro atoms. The van der Waals surface area contributed by atoms with Crippen LogP contribution in [0.4, 0.5) is 5.69 Å². The highest BCUT2D eigenvalue weighted by molar-refractivity contribution is 5.97. The van der Waals surface area contributed by atoms with E-state index in [-0.39, 0.29) is 11.8 Å². The van der Waals surface area contributed by atoms with Gasteiger partial charge in [-0.2, -0.15) is 0 Å². The molecule has 0 aliphatic rings. The molecule has 0 fully saturated rings. The molecule has 2 N–H and O–H groups in total. The Morgan fingerprint density at radius 2 is 1.86 bits per heavy atom. The molecule has 1 aromatic rings. The lowest BCUT2D eigenvalue weighted by Crippen LogP contribution is -2.30. The van der Waals surface area contributed by atoms with Crippen LogP contribution in [0.3, 0.4) is 0 Å². The van der Waals surface area contributed by atoms with E-state index in [9.17, 15) is 9.59 Å². The third-order valence-corrected chi connectivity index (χ3v) is 3.22. The largest absolute Gasteiger partial charge is 0.339 e. The molecule has 0 unspecified atom stereocenters. The van der Waals surface area contributed by atoms with Gasteiger partial charge in [0.2, 0.25) is 5.91 Å². The van der Waals surface area contributed by atoms with Crippen molar-refractivity contribution in [1.82, 2.24) is 10.2 Å². The highest BCUT2D eigenvalue weighted by Crippen LogP contribution is 2.13. The second kappa shape index (κ2) is 9.13. The van der Waals surface area contributed by atoms with Crippen LogP contribution < -0.4 is 10.6 Å². The van der Waals surface area contributed by atoms with Crippen LogP contribution in [0.5, 0.6) is 0 Å². The number of benzene rings is 1. The molecule has 2 amide bonds. The summed E-state index contributed by atoms with van der Waals surface area (Å²) in [6.45, 7) is 8.76. The molecule has 0 atom stereocenters. The highest BCUT2D eigenvalue weighted by atomic mass is 16.2. The van der Waals surface area contributed by atoms with E-state index in [1.807, 2.05) is 20.8 Å². The number of amides is 2. The van der Waals surface area contributed by atoms with Gasteiger partial charge in [0, 0.05) is 37.3 Å². The van der Waals surface area contributed by atoms with Gasteiger partial charge in [-0.15, -0.1) is 0 Å². The zero-order valence-electron chi connectivity index (χ0n) is 13.1. The molecule has 1 aromatic carbocycles. The summed E-state index contributed by atoms with van der Waals surface area (Å²) >= 11 is 0. The van der Waals surface area contributed by atoms with Gasteiger partial charge in [0.15, 0.2) is 0 Å². The molecule has 0 aromatic heterocycles. The third kappa shape index (κ3) is 5.55. The van der Waals surface area contributed by atoms with E-state index in [0.717, 1.165) is 6.54 Å². The molecule has 0 aliphatic heterocycles. The van der Waals surface area contributed by atoms with Crippen molar-refractivity contribution in [1.29, 1.82) is 0 Å². The minimum Gasteiger partial charge on any atom is -0.339 e. The summed E-state index contributed by atoms with van der Waals surface area (Å²) in [5.41, 5.74) is 1.26. The van der Waals surface area contributed by atoms with Crippen molar-refractivity contribution >= 4 is 17.5 Å². The number of rotatable bonds is 8. The maximum Gasteiger partial charge on any atom is 0.253 e. The van der Waals surface area contributed by atoms with Crippen LogP contribution in [0.1, 0.15) is 37.6 Å². The van der Waals surface area contributed by atoms with Crippen LogP contribution >= 0.6 is 0 Å². The summed E-state index contributed by atoms with van der Waals surface area (Å²) in [6.07, 6.45) is 0.419. The standard InChI is InChI=1S/C16H25N3O2/c1-4-17-11-10-15(20)18-14-9-7-8-13(12-14)16(21)19(5-2)6-3/h7-9,12,17H,4-6,10-11H2,1-3H3,(H,18,20). The zero-order valence-corrected chi connectivity index (χ0v) is 13.1. The lowest BCUT2D eigenvalue weighted by Gasteiger charge is -2.19. The summed E-state index contributed by atoms with van der Waals surface area (Å²) in [5.74, 6) is -0.0628. The quantitative estimate of drug-likeness (QED) is 0.721. The van der Waals surface area contributed by atoms with Gasteiger partial charge in [0.25, 0.3) is 5.91 Å². The average Bonchev–Trinajstić information content (AvgIpc) is 2.49. The number of carbonyl (C=O) groups excluding carboxylic acids is 2. The van der Waals surface area contributed by atoms with Crippen LogP contribution in [-0.2, 0) is 4.79 Å². The van der Waals surface area contributed by atoms with E-state index < -0.39 is 0 Å². The highest BCUT2D eigenvalue weighted by Gasteiger charge is 2.13. The molecular formula is C16H25N3O2. The predicted octanol–water partition coefficient (Wildman–Crippen LogP) is 2.11. The van der Waals surface area contributed by atoms with Crippen molar-refractivity contribution in [3.63, 3.8) is 0 Å². The van der Waals surface area contributed by atoms with Gasteiger partial charge in [0.1, 0.15) is 0 Å². The predicted molar refractivity (Wildman–Crippen MR) is 85.5 cm³/mol. The first-order valence-electron chi connectivity index (χ1n) is 7.52. The first-order chi connectivity index (χ1) is 10.1. The van der Waals surface area contributed by atoms with Crippen molar-refractivity contribution in [2.75, 3.05) is 31.5 Å². The Kier molecular flexibility index (Phi) is 7.46. The van der Waals surface area contributed by atoms with Crippen molar-refractivity contribution in [3.05, 3.63) is 29.8 Å². The first kappa shape index (κ1) is 17.2. The molecule has 5 nitrogen and oxygen atoms in total. The third-order valence-electron chi connectivity index (χ3n) is 3.22. The van der Waals surface area contributed by atoms with Gasteiger partial charge in [-0.3, -0.25) is 9.59 Å². The fourth-order valence-electron chi connectivity index (χ4n) is 2.03. The topological polar surface area (TPSA) is 61.4 Å². The van der Waals surface area contributed by atoms with Crippen LogP contribution in [-0.4, -0.2) is 42.9 Å². The van der Waals surface area contributed by atoms with Crippen molar-refractivity contribution in [3.8, 4) is 0 Å². The van der Waals surface area contributed by atoms with E-state index in [0.29, 0.717) is 37.3 Å². The lowest BCUT2D eigenvalue weighted by atomic mass is 10.1. The van der Waals surface area contributed by atoms with Crippen LogP contribution in [0.15, 0.2) is 24.3 Å². The molecule has 0 radical (unpaired) electrons. The molecule has 0 saturated carbocycles. The SMILES string of the molecule is CCNCCC(=O)Nc1cccc(C(=O)N(CC)CC)c1. The van der Waals surface area contributed by atoms with Crippen molar-refractivity contribution < 1.29 is 9.59 Å². The van der Waals surface area contributed by atoms with Gasteiger partial charge < -0.3 is 15.5 Å². The van der Waals surface area contributed by atoms with Gasteiger partial charge in [0.05, 0.1) is 0 Å². The summed E-state index contributed by atoms with van der Waals surface area (Å²) < 4.78 is 0. The Balaban J connectivity index is 2.68. The van der Waals surface area contributed by atoms with Crippen molar-refractivity contribution in [2.24, 2.45) is 0 Å². The Morgan fingerprint density at radius 3 is 2.48 bits per heavy atom. The maximum absolute atomic E-state index is 12.3. The first-order valence-corrected chi connectivity index (χ1v) is 7.52. The molecular weight excluding hydrogens is 266 g/mol.